The number of hydrogen-bond donors (Lipinski definition) is 0. The molecule has 0 aliphatic heterocycles. The van der Waals surface area contributed by atoms with Crippen LogP contribution >= 0.6 is 0 Å². The molecule has 0 fully saturated rings. The van der Waals surface area contributed by atoms with Crippen molar-refractivity contribution in [2.75, 3.05) is 0 Å². The molecule has 0 amide bonds. The molecule has 7 heteroatoms. The van der Waals surface area contributed by atoms with Crippen LogP contribution in [0, 0.1) is 0 Å². The van der Waals surface area contributed by atoms with Gasteiger partial charge in [0.25, 0.3) is 9.84 Å². The molecule has 0 aromatic heterocycles. The molecule has 1 rings (SSSR count). The van der Waals surface area contributed by atoms with Crippen molar-refractivity contribution in [1.82, 2.24) is 0 Å². The van der Waals surface area contributed by atoms with Crippen LogP contribution in [0.1, 0.15) is 5.56 Å². The summed E-state index contributed by atoms with van der Waals surface area (Å²) in [6.07, 6.45) is 2.99. The number of carbonyl (C=O) groups excluding carboxylic acids is 1. The van der Waals surface area contributed by atoms with E-state index in [-0.39, 0.29) is 0 Å². The third-order valence-corrected chi connectivity index (χ3v) is 3.36. The molecule has 0 heterocycles. The van der Waals surface area contributed by atoms with E-state index in [1.165, 1.54) is 18.2 Å². The fraction of sp³-hybridized carbons (Fsp3) is 0.100. The summed E-state index contributed by atoms with van der Waals surface area (Å²) < 4.78 is 58.5. The second-order valence-electron chi connectivity index (χ2n) is 3.01. The summed E-state index contributed by atoms with van der Waals surface area (Å²) in [5.41, 5.74) is -4.88. The molecule has 0 radical (unpaired) electrons. The van der Waals surface area contributed by atoms with E-state index in [1.54, 1.807) is 0 Å². The zero-order valence-electron chi connectivity index (χ0n) is 8.31. The van der Waals surface area contributed by atoms with Crippen LogP contribution < -0.4 is 0 Å². The van der Waals surface area contributed by atoms with Gasteiger partial charge in [-0.25, -0.2) is 8.42 Å². The van der Waals surface area contributed by atoms with E-state index in [0.717, 1.165) is 18.2 Å². The predicted molar refractivity (Wildman–Crippen MR) is 54.8 cm³/mol. The first-order valence-electron chi connectivity index (χ1n) is 4.32. The van der Waals surface area contributed by atoms with Crippen molar-refractivity contribution in [3.63, 3.8) is 0 Å². The number of rotatable bonds is 3. The quantitative estimate of drug-likeness (QED) is 0.621. The van der Waals surface area contributed by atoms with Gasteiger partial charge in [-0.05, 0) is 23.8 Å². The molecule has 3 nitrogen and oxygen atoms in total. The minimum absolute atomic E-state index is 0.429. The Kier molecular flexibility index (Phi) is 3.72. The maximum atomic E-state index is 12.2. The summed E-state index contributed by atoms with van der Waals surface area (Å²) in [4.78, 5) is 9.18. The molecule has 0 N–H and O–H groups in total. The molecule has 0 unspecified atom stereocenters. The lowest BCUT2D eigenvalue weighted by Gasteiger charge is -2.07. The van der Waals surface area contributed by atoms with Gasteiger partial charge in [0, 0.05) is 0 Å². The topological polar surface area (TPSA) is 51.2 Å². The maximum Gasteiger partial charge on any atom is 0.501 e. The normalized spacial score (nSPS) is 12.9. The third-order valence-electron chi connectivity index (χ3n) is 1.86. The summed E-state index contributed by atoms with van der Waals surface area (Å²) >= 11 is 0. The number of halogens is 3. The predicted octanol–water partition coefficient (Wildman–Crippen LogP) is 2.19. The van der Waals surface area contributed by atoms with Crippen LogP contribution in [0.5, 0.6) is 0 Å². The highest BCUT2D eigenvalue weighted by atomic mass is 32.2. The Hall–Kier alpha value is -1.63. The van der Waals surface area contributed by atoms with Crippen molar-refractivity contribution in [3.8, 4) is 0 Å². The van der Waals surface area contributed by atoms with Crippen LogP contribution in [0.4, 0.5) is 13.2 Å². The number of carbonyl (C=O) groups is 1. The SMILES string of the molecule is O=CC=Cc1ccc(S(=O)(=O)C(F)(F)F)cc1. The Balaban J connectivity index is 3.12. The van der Waals surface area contributed by atoms with Gasteiger partial charge in [-0.2, -0.15) is 13.2 Å². The van der Waals surface area contributed by atoms with E-state index in [1.807, 2.05) is 0 Å². The second-order valence-corrected chi connectivity index (χ2v) is 4.95. The second kappa shape index (κ2) is 4.70. The number of aldehydes is 1. The first-order valence-corrected chi connectivity index (χ1v) is 5.80. The Morgan fingerprint density at radius 3 is 2.00 bits per heavy atom. The first kappa shape index (κ1) is 13.4. The molecule has 1 aromatic rings. The van der Waals surface area contributed by atoms with Gasteiger partial charge < -0.3 is 0 Å². The van der Waals surface area contributed by atoms with Crippen LogP contribution in [-0.4, -0.2) is 20.2 Å². The summed E-state index contributed by atoms with van der Waals surface area (Å²) in [6.45, 7) is 0. The van der Waals surface area contributed by atoms with Gasteiger partial charge in [-0.1, -0.05) is 18.2 Å². The molecular formula is C10H7F3O3S. The van der Waals surface area contributed by atoms with Crippen molar-refractivity contribution in [1.29, 1.82) is 0 Å². The summed E-state index contributed by atoms with van der Waals surface area (Å²) in [5, 5.41) is 0. The lowest BCUT2D eigenvalue weighted by molar-refractivity contribution is -0.104. The van der Waals surface area contributed by atoms with Crippen LogP contribution in [0.3, 0.4) is 0 Å². The van der Waals surface area contributed by atoms with E-state index < -0.39 is 20.2 Å². The summed E-state index contributed by atoms with van der Waals surface area (Å²) in [5.74, 6) is 0. The van der Waals surface area contributed by atoms with Crippen LogP contribution in [0.25, 0.3) is 6.08 Å². The van der Waals surface area contributed by atoms with Gasteiger partial charge in [0.2, 0.25) is 0 Å². The minimum atomic E-state index is -5.31. The van der Waals surface area contributed by atoms with E-state index in [2.05, 4.69) is 0 Å². The maximum absolute atomic E-state index is 12.2. The Morgan fingerprint density at radius 1 is 1.06 bits per heavy atom. The summed E-state index contributed by atoms with van der Waals surface area (Å²) in [6, 6.07) is 4.04. The lowest BCUT2D eigenvalue weighted by atomic mass is 10.2. The molecule has 17 heavy (non-hydrogen) atoms. The van der Waals surface area contributed by atoms with E-state index in [9.17, 15) is 26.4 Å². The molecule has 0 bridgehead atoms. The number of sulfone groups is 1. The van der Waals surface area contributed by atoms with Gasteiger partial charge in [0.05, 0.1) is 4.90 Å². The van der Waals surface area contributed by atoms with E-state index >= 15 is 0 Å². The molecule has 0 spiro atoms. The smallest absolute Gasteiger partial charge is 0.299 e. The highest BCUT2D eigenvalue weighted by molar-refractivity contribution is 7.92. The Bertz CT molecular complexity index is 527. The monoisotopic (exact) mass is 264 g/mol. The molecule has 0 aliphatic rings. The van der Waals surface area contributed by atoms with Crippen molar-refractivity contribution in [3.05, 3.63) is 35.9 Å². The Labute approximate surface area is 95.5 Å². The first-order chi connectivity index (χ1) is 7.79. The van der Waals surface area contributed by atoms with E-state index in [4.69, 9.17) is 0 Å². The van der Waals surface area contributed by atoms with Crippen molar-refractivity contribution in [2.24, 2.45) is 0 Å². The standard InChI is InChI=1S/C10H7F3O3S/c11-10(12,13)17(15,16)9-5-3-8(4-6-9)2-1-7-14/h1-7H. The highest BCUT2D eigenvalue weighted by Gasteiger charge is 2.46. The van der Waals surface area contributed by atoms with Crippen LogP contribution in [0.2, 0.25) is 0 Å². The zero-order valence-corrected chi connectivity index (χ0v) is 9.12. The fourth-order valence-corrected chi connectivity index (χ4v) is 1.80. The van der Waals surface area contributed by atoms with Gasteiger partial charge in [0.1, 0.15) is 6.29 Å². The van der Waals surface area contributed by atoms with Gasteiger partial charge in [0.15, 0.2) is 0 Å². The molecule has 0 aliphatic carbocycles. The fourth-order valence-electron chi connectivity index (χ4n) is 1.04. The summed E-state index contributed by atoms with van der Waals surface area (Å²) in [7, 11) is -5.31. The Morgan fingerprint density at radius 2 is 1.59 bits per heavy atom. The number of hydrogen-bond acceptors (Lipinski definition) is 3. The van der Waals surface area contributed by atoms with Crippen molar-refractivity contribution in [2.45, 2.75) is 10.4 Å². The molecular weight excluding hydrogens is 257 g/mol. The average Bonchev–Trinajstić information content (AvgIpc) is 2.25. The van der Waals surface area contributed by atoms with Crippen molar-refractivity contribution >= 4 is 22.2 Å². The molecule has 92 valence electrons. The highest BCUT2D eigenvalue weighted by Crippen LogP contribution is 2.30. The third kappa shape index (κ3) is 2.94. The zero-order chi connectivity index (χ0) is 13.1. The molecule has 0 saturated carbocycles. The number of allylic oxidation sites excluding steroid dienone is 1. The number of benzene rings is 1. The minimum Gasteiger partial charge on any atom is -0.299 e. The number of alkyl halides is 3. The molecule has 0 saturated heterocycles. The van der Waals surface area contributed by atoms with Gasteiger partial charge in [-0.3, -0.25) is 4.79 Å². The largest absolute Gasteiger partial charge is 0.501 e. The van der Waals surface area contributed by atoms with E-state index in [0.29, 0.717) is 11.8 Å². The molecule has 0 atom stereocenters. The van der Waals surface area contributed by atoms with Gasteiger partial charge >= 0.3 is 5.51 Å². The van der Waals surface area contributed by atoms with Crippen LogP contribution in [0.15, 0.2) is 35.2 Å². The van der Waals surface area contributed by atoms with Crippen LogP contribution in [-0.2, 0) is 14.6 Å². The van der Waals surface area contributed by atoms with Gasteiger partial charge in [-0.15, -0.1) is 0 Å². The van der Waals surface area contributed by atoms with Crippen molar-refractivity contribution < 1.29 is 26.4 Å². The average molecular weight is 264 g/mol. The molecule has 1 aromatic carbocycles. The lowest BCUT2D eigenvalue weighted by Crippen LogP contribution is -2.23.